The molecule has 176 valence electrons. The van der Waals surface area contributed by atoms with E-state index in [4.69, 9.17) is 9.47 Å². The minimum Gasteiger partial charge on any atom is -0.463 e. The van der Waals surface area contributed by atoms with Gasteiger partial charge < -0.3 is 25.2 Å². The van der Waals surface area contributed by atoms with Crippen molar-refractivity contribution in [3.8, 4) is 0 Å². The number of esters is 1. The summed E-state index contributed by atoms with van der Waals surface area (Å²) < 4.78 is 10.0. The van der Waals surface area contributed by atoms with Gasteiger partial charge in [-0.05, 0) is 31.1 Å². The number of amides is 2. The van der Waals surface area contributed by atoms with Crippen molar-refractivity contribution in [2.24, 2.45) is 0 Å². The van der Waals surface area contributed by atoms with Crippen LogP contribution in [0, 0.1) is 0 Å². The number of ether oxygens (including phenoxy) is 2. The van der Waals surface area contributed by atoms with Gasteiger partial charge in [-0.1, -0.05) is 60.7 Å². The van der Waals surface area contributed by atoms with Gasteiger partial charge in [-0.15, -0.1) is 0 Å². The zero-order valence-electron chi connectivity index (χ0n) is 18.8. The molecule has 3 atom stereocenters. The van der Waals surface area contributed by atoms with Crippen molar-refractivity contribution >= 4 is 18.0 Å². The minimum atomic E-state index is -1.12. The Morgan fingerprint density at radius 1 is 0.939 bits per heavy atom. The average molecular weight is 455 g/mol. The van der Waals surface area contributed by atoms with E-state index >= 15 is 0 Å². The molecule has 2 amide bonds. The predicted octanol–water partition coefficient (Wildman–Crippen LogP) is 2.51. The van der Waals surface area contributed by atoms with Crippen LogP contribution in [0.4, 0.5) is 4.79 Å². The maximum atomic E-state index is 12.9. The lowest BCUT2D eigenvalue weighted by Gasteiger charge is -2.23. The molecule has 0 aliphatic heterocycles. The summed E-state index contributed by atoms with van der Waals surface area (Å²) in [5.41, 5.74) is 1.67. The van der Waals surface area contributed by atoms with Crippen molar-refractivity contribution in [2.75, 3.05) is 6.61 Å². The molecule has 0 bridgehead atoms. The quantitative estimate of drug-likeness (QED) is 0.355. The lowest BCUT2D eigenvalue weighted by atomic mass is 10.0. The highest BCUT2D eigenvalue weighted by Gasteiger charge is 2.25. The van der Waals surface area contributed by atoms with Gasteiger partial charge in [-0.25, -0.2) is 9.59 Å². The van der Waals surface area contributed by atoms with Crippen molar-refractivity contribution < 1.29 is 29.0 Å². The SMILES string of the molecule is CCOC(=O)/C=C/[C@@H](O)[C@H](C)NC(=O)[C@H](Cc1ccccc1)NC(=O)OCc1ccccc1. The Morgan fingerprint density at radius 2 is 1.55 bits per heavy atom. The second-order valence-electron chi connectivity index (χ2n) is 7.35. The molecule has 0 saturated carbocycles. The lowest BCUT2D eigenvalue weighted by molar-refractivity contribution is -0.137. The summed E-state index contributed by atoms with van der Waals surface area (Å²) in [5, 5.41) is 15.5. The molecule has 0 heterocycles. The van der Waals surface area contributed by atoms with E-state index in [1.54, 1.807) is 13.8 Å². The Morgan fingerprint density at radius 3 is 2.15 bits per heavy atom. The molecular weight excluding hydrogens is 424 g/mol. The van der Waals surface area contributed by atoms with Crippen LogP contribution in [0.15, 0.2) is 72.8 Å². The third-order valence-electron chi connectivity index (χ3n) is 4.70. The molecule has 0 saturated heterocycles. The first-order valence-corrected chi connectivity index (χ1v) is 10.7. The molecule has 0 unspecified atom stereocenters. The molecule has 0 aliphatic rings. The van der Waals surface area contributed by atoms with Crippen LogP contribution in [0.2, 0.25) is 0 Å². The molecule has 0 fully saturated rings. The fourth-order valence-electron chi connectivity index (χ4n) is 2.91. The molecule has 0 aromatic heterocycles. The van der Waals surface area contributed by atoms with Gasteiger partial charge in [-0.2, -0.15) is 0 Å². The fourth-order valence-corrected chi connectivity index (χ4v) is 2.91. The van der Waals surface area contributed by atoms with E-state index < -0.39 is 36.2 Å². The first-order valence-electron chi connectivity index (χ1n) is 10.7. The summed E-state index contributed by atoms with van der Waals surface area (Å²) in [6, 6.07) is 16.8. The first kappa shape index (κ1) is 25.6. The topological polar surface area (TPSA) is 114 Å². The van der Waals surface area contributed by atoms with Crippen LogP contribution < -0.4 is 10.6 Å². The lowest BCUT2D eigenvalue weighted by Crippen LogP contribution is -2.52. The van der Waals surface area contributed by atoms with Crippen LogP contribution in [0.3, 0.4) is 0 Å². The van der Waals surface area contributed by atoms with Gasteiger partial charge >= 0.3 is 12.1 Å². The highest BCUT2D eigenvalue weighted by molar-refractivity contribution is 5.86. The van der Waals surface area contributed by atoms with Crippen LogP contribution in [-0.2, 0) is 32.1 Å². The summed E-state index contributed by atoms with van der Waals surface area (Å²) in [6.07, 6.45) is 0.731. The number of aliphatic hydroxyl groups is 1. The Bertz CT molecular complexity index is 917. The molecule has 8 nitrogen and oxygen atoms in total. The Balaban J connectivity index is 2.00. The number of rotatable bonds is 11. The maximum absolute atomic E-state index is 12.9. The smallest absolute Gasteiger partial charge is 0.408 e. The summed E-state index contributed by atoms with van der Waals surface area (Å²) in [5.74, 6) is -1.08. The maximum Gasteiger partial charge on any atom is 0.408 e. The van der Waals surface area contributed by atoms with Crippen LogP contribution in [0.5, 0.6) is 0 Å². The van der Waals surface area contributed by atoms with Crippen LogP contribution in [0.25, 0.3) is 0 Å². The summed E-state index contributed by atoms with van der Waals surface area (Å²) in [4.78, 5) is 36.7. The molecular formula is C25H30N2O6. The zero-order chi connectivity index (χ0) is 24.1. The number of hydrogen-bond acceptors (Lipinski definition) is 6. The Labute approximate surface area is 193 Å². The molecule has 2 rings (SSSR count). The Hall–Kier alpha value is -3.65. The molecule has 33 heavy (non-hydrogen) atoms. The minimum absolute atomic E-state index is 0.0696. The van der Waals surface area contributed by atoms with Crippen LogP contribution in [-0.4, -0.2) is 47.9 Å². The number of carbonyl (C=O) groups excluding carboxylic acids is 3. The monoisotopic (exact) mass is 454 g/mol. The largest absolute Gasteiger partial charge is 0.463 e. The second kappa shape index (κ2) is 13.7. The summed E-state index contributed by atoms with van der Waals surface area (Å²) >= 11 is 0. The highest BCUT2D eigenvalue weighted by Crippen LogP contribution is 2.06. The van der Waals surface area contributed by atoms with Crippen molar-refractivity contribution in [1.82, 2.24) is 10.6 Å². The Kier molecular flexibility index (Phi) is 10.6. The van der Waals surface area contributed by atoms with E-state index in [0.29, 0.717) is 0 Å². The van der Waals surface area contributed by atoms with E-state index in [-0.39, 0.29) is 19.6 Å². The van der Waals surface area contributed by atoms with E-state index in [1.807, 2.05) is 60.7 Å². The van der Waals surface area contributed by atoms with Gasteiger partial charge in [0.05, 0.1) is 18.8 Å². The zero-order valence-corrected chi connectivity index (χ0v) is 18.8. The van der Waals surface area contributed by atoms with Gasteiger partial charge in [-0.3, -0.25) is 4.79 Å². The number of alkyl carbamates (subject to hydrolysis) is 1. The summed E-state index contributed by atoms with van der Waals surface area (Å²) in [7, 11) is 0. The van der Waals surface area contributed by atoms with E-state index in [2.05, 4.69) is 10.6 Å². The van der Waals surface area contributed by atoms with Crippen molar-refractivity contribution in [3.63, 3.8) is 0 Å². The van der Waals surface area contributed by atoms with Crippen molar-refractivity contribution in [2.45, 2.75) is 45.1 Å². The van der Waals surface area contributed by atoms with Crippen molar-refractivity contribution in [1.29, 1.82) is 0 Å². The van der Waals surface area contributed by atoms with Gasteiger partial charge in [0.1, 0.15) is 12.6 Å². The molecule has 0 radical (unpaired) electrons. The number of hydrogen-bond donors (Lipinski definition) is 3. The number of aliphatic hydroxyl groups excluding tert-OH is 1. The number of nitrogens with one attached hydrogen (secondary N) is 2. The van der Waals surface area contributed by atoms with Gasteiger partial charge in [0.15, 0.2) is 0 Å². The van der Waals surface area contributed by atoms with E-state index in [9.17, 15) is 19.5 Å². The number of benzene rings is 2. The highest BCUT2D eigenvalue weighted by atomic mass is 16.5. The molecule has 2 aromatic carbocycles. The fraction of sp³-hybridized carbons (Fsp3) is 0.320. The van der Waals surface area contributed by atoms with E-state index in [1.165, 1.54) is 6.08 Å². The summed E-state index contributed by atoms with van der Waals surface area (Å²) in [6.45, 7) is 3.56. The van der Waals surface area contributed by atoms with Crippen LogP contribution in [0.1, 0.15) is 25.0 Å². The molecule has 2 aromatic rings. The standard InChI is InChI=1S/C25H30N2O6/c1-3-32-23(29)15-14-22(28)18(2)26-24(30)21(16-19-10-6-4-7-11-19)27-25(31)33-17-20-12-8-5-9-13-20/h4-15,18,21-22,28H,3,16-17H2,1-2H3,(H,26,30)(H,27,31)/b15-14+/t18-,21-,22+/m0/s1. The second-order valence-corrected chi connectivity index (χ2v) is 7.35. The van der Waals surface area contributed by atoms with Gasteiger partial charge in [0.2, 0.25) is 5.91 Å². The third-order valence-corrected chi connectivity index (χ3v) is 4.70. The normalized spacial score (nSPS) is 13.5. The molecule has 0 aliphatic carbocycles. The molecule has 8 heteroatoms. The average Bonchev–Trinajstić information content (AvgIpc) is 2.82. The van der Waals surface area contributed by atoms with Crippen LogP contribution >= 0.6 is 0 Å². The van der Waals surface area contributed by atoms with Gasteiger partial charge in [0, 0.05) is 12.5 Å². The van der Waals surface area contributed by atoms with E-state index in [0.717, 1.165) is 17.2 Å². The first-order chi connectivity index (χ1) is 15.9. The predicted molar refractivity (Wildman–Crippen MR) is 123 cm³/mol. The number of carbonyl (C=O) groups is 3. The molecule has 3 N–H and O–H groups in total. The van der Waals surface area contributed by atoms with Crippen molar-refractivity contribution in [3.05, 3.63) is 83.9 Å². The third kappa shape index (κ3) is 9.57. The van der Waals surface area contributed by atoms with Gasteiger partial charge in [0.25, 0.3) is 0 Å². The molecule has 0 spiro atoms.